The summed E-state index contributed by atoms with van der Waals surface area (Å²) in [6, 6.07) is 10.2. The highest BCUT2D eigenvalue weighted by Crippen LogP contribution is 2.20. The molecule has 3 N–H and O–H groups in total. The lowest BCUT2D eigenvalue weighted by Gasteiger charge is -2.07. The predicted molar refractivity (Wildman–Crippen MR) is 75.1 cm³/mol. The molecule has 1 heterocycles. The second-order valence-electron chi connectivity index (χ2n) is 4.65. The molecule has 0 radical (unpaired) electrons. The van der Waals surface area contributed by atoms with E-state index in [1.165, 1.54) is 19.3 Å². The van der Waals surface area contributed by atoms with Gasteiger partial charge in [0.05, 0.1) is 17.9 Å². The minimum atomic E-state index is 0.0222. The Kier molecular flexibility index (Phi) is 4.53. The molecular formula is C15H21N3. The minimum Gasteiger partial charge on any atom is -0.341 e. The lowest BCUT2D eigenvalue weighted by molar-refractivity contribution is 0.562. The van der Waals surface area contributed by atoms with E-state index in [4.69, 9.17) is 5.73 Å². The van der Waals surface area contributed by atoms with Gasteiger partial charge in [0.25, 0.3) is 0 Å². The van der Waals surface area contributed by atoms with Crippen LogP contribution in [0.5, 0.6) is 0 Å². The Morgan fingerprint density at radius 2 is 2.00 bits per heavy atom. The summed E-state index contributed by atoms with van der Waals surface area (Å²) in [5.41, 5.74) is 8.32. The molecule has 0 aliphatic rings. The predicted octanol–water partition coefficient (Wildman–Crippen LogP) is 3.66. The SMILES string of the molecule is CCCCCC(N)c1ncc(-c2ccccc2)[nH]1. The Morgan fingerprint density at radius 3 is 2.72 bits per heavy atom. The molecular weight excluding hydrogens is 222 g/mol. The molecule has 0 spiro atoms. The summed E-state index contributed by atoms with van der Waals surface area (Å²) in [5.74, 6) is 0.893. The van der Waals surface area contributed by atoms with Crippen molar-refractivity contribution in [1.29, 1.82) is 0 Å². The van der Waals surface area contributed by atoms with Crippen LogP contribution in [0, 0.1) is 0 Å². The summed E-state index contributed by atoms with van der Waals surface area (Å²) in [5, 5.41) is 0. The molecule has 3 nitrogen and oxygen atoms in total. The topological polar surface area (TPSA) is 54.7 Å². The van der Waals surface area contributed by atoms with Crippen molar-refractivity contribution in [2.45, 2.75) is 38.6 Å². The molecule has 1 atom stereocenters. The molecule has 0 saturated carbocycles. The maximum absolute atomic E-state index is 6.13. The quantitative estimate of drug-likeness (QED) is 0.761. The number of rotatable bonds is 6. The van der Waals surface area contributed by atoms with E-state index in [1.807, 2.05) is 24.4 Å². The van der Waals surface area contributed by atoms with Crippen molar-refractivity contribution in [2.75, 3.05) is 0 Å². The largest absolute Gasteiger partial charge is 0.341 e. The van der Waals surface area contributed by atoms with Crippen LogP contribution in [-0.4, -0.2) is 9.97 Å². The van der Waals surface area contributed by atoms with Crippen molar-refractivity contribution in [3.8, 4) is 11.3 Å². The summed E-state index contributed by atoms with van der Waals surface area (Å²) in [4.78, 5) is 7.71. The molecule has 0 amide bonds. The Labute approximate surface area is 108 Å². The van der Waals surface area contributed by atoms with Crippen LogP contribution in [0.2, 0.25) is 0 Å². The van der Waals surface area contributed by atoms with Gasteiger partial charge in [-0.1, -0.05) is 56.5 Å². The number of hydrogen-bond acceptors (Lipinski definition) is 2. The van der Waals surface area contributed by atoms with E-state index >= 15 is 0 Å². The van der Waals surface area contributed by atoms with Gasteiger partial charge in [0, 0.05) is 0 Å². The van der Waals surface area contributed by atoms with Gasteiger partial charge >= 0.3 is 0 Å². The van der Waals surface area contributed by atoms with Crippen LogP contribution in [-0.2, 0) is 0 Å². The van der Waals surface area contributed by atoms with E-state index in [1.54, 1.807) is 0 Å². The van der Waals surface area contributed by atoms with Gasteiger partial charge in [-0.3, -0.25) is 0 Å². The van der Waals surface area contributed by atoms with Gasteiger partial charge in [0.15, 0.2) is 0 Å². The van der Waals surface area contributed by atoms with Gasteiger partial charge in [-0.25, -0.2) is 4.98 Å². The smallest absolute Gasteiger partial charge is 0.123 e. The number of benzene rings is 1. The Hall–Kier alpha value is -1.61. The molecule has 1 unspecified atom stereocenters. The van der Waals surface area contributed by atoms with E-state index in [2.05, 4.69) is 29.0 Å². The maximum Gasteiger partial charge on any atom is 0.123 e. The average molecular weight is 243 g/mol. The molecule has 0 saturated heterocycles. The summed E-state index contributed by atoms with van der Waals surface area (Å²) >= 11 is 0. The monoisotopic (exact) mass is 243 g/mol. The highest BCUT2D eigenvalue weighted by atomic mass is 15.0. The normalized spacial score (nSPS) is 12.6. The van der Waals surface area contributed by atoms with Crippen molar-refractivity contribution in [3.05, 3.63) is 42.4 Å². The van der Waals surface area contributed by atoms with Crippen LogP contribution in [0.25, 0.3) is 11.3 Å². The maximum atomic E-state index is 6.13. The van der Waals surface area contributed by atoms with E-state index < -0.39 is 0 Å². The molecule has 96 valence electrons. The number of H-pyrrole nitrogens is 1. The number of nitrogens with one attached hydrogen (secondary N) is 1. The van der Waals surface area contributed by atoms with Crippen molar-refractivity contribution in [2.24, 2.45) is 5.73 Å². The van der Waals surface area contributed by atoms with Crippen molar-refractivity contribution < 1.29 is 0 Å². The van der Waals surface area contributed by atoms with Crippen LogP contribution >= 0.6 is 0 Å². The zero-order valence-electron chi connectivity index (χ0n) is 10.9. The van der Waals surface area contributed by atoms with E-state index in [-0.39, 0.29) is 6.04 Å². The molecule has 2 aromatic rings. The van der Waals surface area contributed by atoms with Gasteiger partial charge in [-0.15, -0.1) is 0 Å². The van der Waals surface area contributed by atoms with Crippen LogP contribution in [0.1, 0.15) is 44.5 Å². The number of hydrogen-bond donors (Lipinski definition) is 2. The van der Waals surface area contributed by atoms with E-state index in [0.717, 1.165) is 23.5 Å². The number of unbranched alkanes of at least 4 members (excludes halogenated alkanes) is 2. The summed E-state index contributed by atoms with van der Waals surface area (Å²) in [7, 11) is 0. The third-order valence-electron chi connectivity index (χ3n) is 3.15. The van der Waals surface area contributed by atoms with Crippen molar-refractivity contribution >= 4 is 0 Å². The second-order valence-corrected chi connectivity index (χ2v) is 4.65. The first-order valence-electron chi connectivity index (χ1n) is 6.67. The fourth-order valence-corrected chi connectivity index (χ4v) is 2.04. The van der Waals surface area contributed by atoms with Crippen LogP contribution in [0.15, 0.2) is 36.5 Å². The minimum absolute atomic E-state index is 0.0222. The number of imidazole rings is 1. The zero-order chi connectivity index (χ0) is 12.8. The summed E-state index contributed by atoms with van der Waals surface area (Å²) in [6.07, 6.45) is 6.49. The van der Waals surface area contributed by atoms with Gasteiger partial charge in [-0.2, -0.15) is 0 Å². The van der Waals surface area contributed by atoms with E-state index in [9.17, 15) is 0 Å². The zero-order valence-corrected chi connectivity index (χ0v) is 10.9. The van der Waals surface area contributed by atoms with Gasteiger partial charge in [0.1, 0.15) is 5.82 Å². The summed E-state index contributed by atoms with van der Waals surface area (Å²) < 4.78 is 0. The number of aromatic amines is 1. The van der Waals surface area contributed by atoms with Gasteiger partial charge < -0.3 is 10.7 Å². The average Bonchev–Trinajstić information content (AvgIpc) is 2.89. The highest BCUT2D eigenvalue weighted by molar-refractivity contribution is 5.58. The fourth-order valence-electron chi connectivity index (χ4n) is 2.04. The van der Waals surface area contributed by atoms with Crippen molar-refractivity contribution in [1.82, 2.24) is 9.97 Å². The molecule has 0 fully saturated rings. The first-order valence-corrected chi connectivity index (χ1v) is 6.67. The lowest BCUT2D eigenvalue weighted by atomic mass is 10.1. The summed E-state index contributed by atoms with van der Waals surface area (Å²) in [6.45, 7) is 2.20. The van der Waals surface area contributed by atoms with Crippen molar-refractivity contribution in [3.63, 3.8) is 0 Å². The Bertz CT molecular complexity index is 462. The Balaban J connectivity index is 2.02. The number of aromatic nitrogens is 2. The van der Waals surface area contributed by atoms with Gasteiger partial charge in [0.2, 0.25) is 0 Å². The standard InChI is InChI=1S/C15H21N3/c1-2-3-5-10-13(16)15-17-11-14(18-15)12-8-6-4-7-9-12/h4,6-9,11,13H,2-3,5,10,16H2,1H3,(H,17,18). The second kappa shape index (κ2) is 6.36. The highest BCUT2D eigenvalue weighted by Gasteiger charge is 2.10. The number of nitrogens with zero attached hydrogens (tertiary/aromatic N) is 1. The Morgan fingerprint density at radius 1 is 1.22 bits per heavy atom. The first kappa shape index (κ1) is 12.8. The fraction of sp³-hybridized carbons (Fsp3) is 0.400. The third-order valence-corrected chi connectivity index (χ3v) is 3.15. The lowest BCUT2D eigenvalue weighted by Crippen LogP contribution is -2.11. The molecule has 0 aliphatic heterocycles. The van der Waals surface area contributed by atoms with Crippen LogP contribution in [0.4, 0.5) is 0 Å². The molecule has 1 aromatic carbocycles. The molecule has 3 heteroatoms. The first-order chi connectivity index (χ1) is 8.81. The van der Waals surface area contributed by atoms with Gasteiger partial charge in [-0.05, 0) is 12.0 Å². The molecule has 1 aromatic heterocycles. The molecule has 2 rings (SSSR count). The van der Waals surface area contributed by atoms with Crippen LogP contribution < -0.4 is 5.73 Å². The third kappa shape index (κ3) is 3.20. The molecule has 18 heavy (non-hydrogen) atoms. The molecule has 0 bridgehead atoms. The van der Waals surface area contributed by atoms with Crippen LogP contribution in [0.3, 0.4) is 0 Å². The van der Waals surface area contributed by atoms with E-state index in [0.29, 0.717) is 0 Å². The number of nitrogens with two attached hydrogens (primary N) is 1. The molecule has 0 aliphatic carbocycles.